The summed E-state index contributed by atoms with van der Waals surface area (Å²) in [5.74, 6) is 1.85. The van der Waals surface area contributed by atoms with E-state index in [4.69, 9.17) is 0 Å². The first kappa shape index (κ1) is 15.0. The highest BCUT2D eigenvalue weighted by atomic mass is 15.3. The van der Waals surface area contributed by atoms with Crippen LogP contribution in [-0.2, 0) is 12.0 Å². The topological polar surface area (TPSA) is 35.2 Å². The van der Waals surface area contributed by atoms with Crippen molar-refractivity contribution >= 4 is 0 Å². The fourth-order valence-corrected chi connectivity index (χ4v) is 3.62. The fourth-order valence-electron chi connectivity index (χ4n) is 3.62. The van der Waals surface area contributed by atoms with Crippen LogP contribution in [0.25, 0.3) is 0 Å². The molecule has 2 unspecified atom stereocenters. The van der Waals surface area contributed by atoms with Crippen molar-refractivity contribution in [3.63, 3.8) is 0 Å². The largest absolute Gasteiger partial charge is 0.305 e. The van der Waals surface area contributed by atoms with Crippen molar-refractivity contribution in [3.8, 4) is 0 Å². The van der Waals surface area contributed by atoms with Crippen LogP contribution in [0.4, 0.5) is 0 Å². The van der Waals surface area contributed by atoms with Crippen LogP contribution in [0.15, 0.2) is 6.07 Å². The van der Waals surface area contributed by atoms with Crippen molar-refractivity contribution in [1.82, 2.24) is 20.0 Å². The molecule has 1 saturated carbocycles. The lowest BCUT2D eigenvalue weighted by atomic mass is 9.92. The second kappa shape index (κ2) is 5.40. The quantitative estimate of drug-likeness (QED) is 0.925. The normalized spacial score (nSPS) is 27.7. The molecule has 2 fully saturated rings. The molecule has 21 heavy (non-hydrogen) atoms. The average molecular weight is 290 g/mol. The van der Waals surface area contributed by atoms with Crippen molar-refractivity contribution < 1.29 is 0 Å². The van der Waals surface area contributed by atoms with Gasteiger partial charge in [0.05, 0.1) is 5.69 Å². The van der Waals surface area contributed by atoms with Crippen LogP contribution >= 0.6 is 0 Å². The molecule has 2 heterocycles. The predicted molar refractivity (Wildman–Crippen MR) is 86.3 cm³/mol. The van der Waals surface area contributed by atoms with E-state index in [1.54, 1.807) is 0 Å². The molecular weight excluding hydrogens is 260 g/mol. The monoisotopic (exact) mass is 290 g/mol. The van der Waals surface area contributed by atoms with Gasteiger partial charge < -0.3 is 4.90 Å². The summed E-state index contributed by atoms with van der Waals surface area (Å²) in [6.07, 6.45) is 2.89. The van der Waals surface area contributed by atoms with Crippen LogP contribution in [0.2, 0.25) is 0 Å². The van der Waals surface area contributed by atoms with Gasteiger partial charge in [-0.2, -0.15) is 5.10 Å². The van der Waals surface area contributed by atoms with Crippen molar-refractivity contribution in [3.05, 3.63) is 17.5 Å². The first-order valence-corrected chi connectivity index (χ1v) is 8.28. The molecule has 1 aromatic rings. The molecule has 1 aliphatic carbocycles. The molecule has 1 saturated heterocycles. The van der Waals surface area contributed by atoms with Gasteiger partial charge in [-0.3, -0.25) is 10.00 Å². The second-order valence-corrected chi connectivity index (χ2v) is 8.25. The third kappa shape index (κ3) is 3.32. The Labute approximate surface area is 128 Å². The first-order valence-electron chi connectivity index (χ1n) is 8.28. The van der Waals surface area contributed by atoms with E-state index in [1.165, 1.54) is 37.3 Å². The Hall–Kier alpha value is -0.870. The first-order chi connectivity index (χ1) is 9.84. The summed E-state index contributed by atoms with van der Waals surface area (Å²) in [6, 6.07) is 2.97. The van der Waals surface area contributed by atoms with Gasteiger partial charge in [0.2, 0.25) is 0 Å². The zero-order valence-corrected chi connectivity index (χ0v) is 14.2. The van der Waals surface area contributed by atoms with Crippen molar-refractivity contribution in [1.29, 1.82) is 0 Å². The predicted octanol–water partition coefficient (Wildman–Crippen LogP) is 2.48. The molecule has 1 aromatic heterocycles. The number of nitrogens with zero attached hydrogens (tertiary/aromatic N) is 3. The van der Waals surface area contributed by atoms with Gasteiger partial charge in [0.25, 0.3) is 0 Å². The van der Waals surface area contributed by atoms with E-state index in [1.807, 2.05) is 0 Å². The molecule has 2 aliphatic rings. The SMILES string of the molecule is CN(C)C1CN(Cc2cc(C(C)(C)C)n[nH]2)CC1C1CC1. The summed E-state index contributed by atoms with van der Waals surface area (Å²) < 4.78 is 0. The molecule has 0 aromatic carbocycles. The molecule has 0 spiro atoms. The van der Waals surface area contributed by atoms with Crippen LogP contribution in [-0.4, -0.2) is 53.2 Å². The maximum absolute atomic E-state index is 4.49. The van der Waals surface area contributed by atoms with E-state index in [9.17, 15) is 0 Å². The van der Waals surface area contributed by atoms with Gasteiger partial charge in [0.15, 0.2) is 0 Å². The smallest absolute Gasteiger partial charge is 0.0678 e. The number of likely N-dealkylation sites (N-methyl/N-ethyl adjacent to an activating group) is 1. The van der Waals surface area contributed by atoms with Crippen LogP contribution < -0.4 is 0 Å². The van der Waals surface area contributed by atoms with Crippen molar-refractivity contribution in [2.75, 3.05) is 27.2 Å². The van der Waals surface area contributed by atoms with E-state index in [0.29, 0.717) is 0 Å². The van der Waals surface area contributed by atoms with Gasteiger partial charge in [0.1, 0.15) is 0 Å². The zero-order valence-electron chi connectivity index (χ0n) is 14.2. The van der Waals surface area contributed by atoms with Crippen molar-refractivity contribution in [2.45, 2.75) is 51.6 Å². The summed E-state index contributed by atoms with van der Waals surface area (Å²) in [6.45, 7) is 10.1. The minimum Gasteiger partial charge on any atom is -0.305 e. The number of likely N-dealkylation sites (tertiary alicyclic amines) is 1. The Morgan fingerprint density at radius 2 is 2.00 bits per heavy atom. The van der Waals surface area contributed by atoms with E-state index >= 15 is 0 Å². The third-order valence-corrected chi connectivity index (χ3v) is 5.09. The molecule has 2 atom stereocenters. The van der Waals surface area contributed by atoms with Crippen LogP contribution in [0.3, 0.4) is 0 Å². The van der Waals surface area contributed by atoms with Gasteiger partial charge in [-0.05, 0) is 44.8 Å². The van der Waals surface area contributed by atoms with Crippen LogP contribution in [0, 0.1) is 11.8 Å². The fraction of sp³-hybridized carbons (Fsp3) is 0.824. The molecule has 0 amide bonds. The lowest BCUT2D eigenvalue weighted by molar-refractivity contribution is 0.233. The number of aromatic amines is 1. The molecule has 4 nitrogen and oxygen atoms in total. The second-order valence-electron chi connectivity index (χ2n) is 8.25. The lowest BCUT2D eigenvalue weighted by Crippen LogP contribution is -2.36. The number of H-pyrrole nitrogens is 1. The summed E-state index contributed by atoms with van der Waals surface area (Å²) in [5.41, 5.74) is 2.55. The van der Waals surface area contributed by atoms with Gasteiger partial charge in [0, 0.05) is 36.8 Å². The zero-order chi connectivity index (χ0) is 15.2. The lowest BCUT2D eigenvalue weighted by Gasteiger charge is -2.24. The van der Waals surface area contributed by atoms with Crippen LogP contribution in [0.5, 0.6) is 0 Å². The summed E-state index contributed by atoms with van der Waals surface area (Å²) in [7, 11) is 4.47. The highest BCUT2D eigenvalue weighted by Gasteiger charge is 2.43. The number of aromatic nitrogens is 2. The molecule has 0 bridgehead atoms. The standard InChI is InChI=1S/C17H30N4/c1-17(2,3)16-8-13(18-19-16)9-21-10-14(12-6-7-12)15(11-21)20(4)5/h8,12,14-15H,6-7,9-11H2,1-5H3,(H,18,19). The highest BCUT2D eigenvalue weighted by molar-refractivity contribution is 5.16. The third-order valence-electron chi connectivity index (χ3n) is 5.09. The number of nitrogens with one attached hydrogen (secondary N) is 1. The van der Waals surface area contributed by atoms with Gasteiger partial charge in [-0.15, -0.1) is 0 Å². The minimum atomic E-state index is 0.127. The van der Waals surface area contributed by atoms with Crippen LogP contribution in [0.1, 0.15) is 45.0 Å². The Kier molecular flexibility index (Phi) is 3.87. The summed E-state index contributed by atoms with van der Waals surface area (Å²) in [4.78, 5) is 5.03. The van der Waals surface area contributed by atoms with Gasteiger partial charge in [-0.25, -0.2) is 0 Å². The Balaban J connectivity index is 1.64. The summed E-state index contributed by atoms with van der Waals surface area (Å²) in [5, 5.41) is 7.73. The Bertz CT molecular complexity index is 471. The van der Waals surface area contributed by atoms with Gasteiger partial charge in [-0.1, -0.05) is 20.8 Å². The van der Waals surface area contributed by atoms with E-state index in [0.717, 1.165) is 24.4 Å². The molecule has 3 rings (SSSR count). The molecule has 1 N–H and O–H groups in total. The molecule has 4 heteroatoms. The Morgan fingerprint density at radius 3 is 2.52 bits per heavy atom. The van der Waals surface area contributed by atoms with E-state index in [2.05, 4.69) is 60.9 Å². The maximum atomic E-state index is 4.49. The van der Waals surface area contributed by atoms with Crippen molar-refractivity contribution in [2.24, 2.45) is 11.8 Å². The Morgan fingerprint density at radius 1 is 1.29 bits per heavy atom. The average Bonchev–Trinajstić information content (AvgIpc) is 2.96. The summed E-state index contributed by atoms with van der Waals surface area (Å²) >= 11 is 0. The van der Waals surface area contributed by atoms with E-state index in [-0.39, 0.29) is 5.41 Å². The molecule has 118 valence electrons. The number of hydrogen-bond acceptors (Lipinski definition) is 3. The van der Waals surface area contributed by atoms with Gasteiger partial charge >= 0.3 is 0 Å². The molecule has 1 aliphatic heterocycles. The molecule has 0 radical (unpaired) electrons. The maximum Gasteiger partial charge on any atom is 0.0678 e. The van der Waals surface area contributed by atoms with E-state index < -0.39 is 0 Å². The molecular formula is C17H30N4. The number of hydrogen-bond donors (Lipinski definition) is 1. The highest BCUT2D eigenvalue weighted by Crippen LogP contribution is 2.42. The minimum absolute atomic E-state index is 0.127. The number of rotatable bonds is 4.